The number of hydrogen-bond acceptors (Lipinski definition) is 5. The van der Waals surface area contributed by atoms with Gasteiger partial charge in [-0.2, -0.15) is 0 Å². The predicted octanol–water partition coefficient (Wildman–Crippen LogP) is 1.37. The molecule has 3 aliphatic rings. The number of nitrogens with one attached hydrogen (secondary N) is 1. The molecule has 0 aliphatic carbocycles. The molecule has 3 heterocycles. The highest BCUT2D eigenvalue weighted by molar-refractivity contribution is 6.39. The van der Waals surface area contributed by atoms with Crippen molar-refractivity contribution in [2.45, 2.75) is 43.9 Å². The van der Waals surface area contributed by atoms with E-state index >= 15 is 0 Å². The van der Waals surface area contributed by atoms with Crippen LogP contribution in [0.15, 0.2) is 29.4 Å². The first kappa shape index (κ1) is 17.9. The van der Waals surface area contributed by atoms with Gasteiger partial charge >= 0.3 is 0 Å². The molecule has 1 spiro atoms. The normalized spacial score (nSPS) is 26.9. The Balaban J connectivity index is 1.29. The zero-order valence-corrected chi connectivity index (χ0v) is 14.9. The Labute approximate surface area is 156 Å². The molecule has 0 aromatic heterocycles. The molecule has 4 rings (SSSR count). The quantitative estimate of drug-likeness (QED) is 0.862. The van der Waals surface area contributed by atoms with Crippen molar-refractivity contribution in [3.05, 3.63) is 35.6 Å². The summed E-state index contributed by atoms with van der Waals surface area (Å²) in [6.07, 6.45) is 2.34. The van der Waals surface area contributed by atoms with Crippen LogP contribution in [0.4, 0.5) is 4.39 Å². The minimum absolute atomic E-state index is 0.00202. The molecule has 1 aromatic carbocycles. The lowest BCUT2D eigenvalue weighted by Crippen LogP contribution is -2.41. The van der Waals surface area contributed by atoms with Crippen LogP contribution in [0.3, 0.4) is 0 Å². The second kappa shape index (κ2) is 7.26. The summed E-state index contributed by atoms with van der Waals surface area (Å²) in [4.78, 5) is 32.2. The number of hydrogen-bond donors (Lipinski definition) is 1. The fourth-order valence-electron chi connectivity index (χ4n) is 3.76. The van der Waals surface area contributed by atoms with E-state index in [-0.39, 0.29) is 30.3 Å². The third-order valence-corrected chi connectivity index (χ3v) is 5.30. The van der Waals surface area contributed by atoms with E-state index in [1.54, 1.807) is 17.0 Å². The van der Waals surface area contributed by atoms with E-state index in [4.69, 9.17) is 9.57 Å². The molecule has 3 aliphatic heterocycles. The topological polar surface area (TPSA) is 80.2 Å². The molecule has 144 valence electrons. The Morgan fingerprint density at radius 2 is 2.15 bits per heavy atom. The maximum absolute atomic E-state index is 12.9. The summed E-state index contributed by atoms with van der Waals surface area (Å²) in [6, 6.07) is 5.95. The summed E-state index contributed by atoms with van der Waals surface area (Å²) in [6.45, 7) is 1.92. The van der Waals surface area contributed by atoms with Gasteiger partial charge in [0.2, 0.25) is 0 Å². The van der Waals surface area contributed by atoms with Gasteiger partial charge in [-0.25, -0.2) is 4.39 Å². The van der Waals surface area contributed by atoms with Crippen molar-refractivity contribution < 1.29 is 23.6 Å². The van der Waals surface area contributed by atoms with Gasteiger partial charge in [-0.1, -0.05) is 17.3 Å². The second-order valence-corrected chi connectivity index (χ2v) is 7.31. The van der Waals surface area contributed by atoms with E-state index in [1.165, 1.54) is 12.1 Å². The number of halogens is 1. The van der Waals surface area contributed by atoms with Crippen molar-refractivity contribution >= 4 is 17.5 Å². The van der Waals surface area contributed by atoms with Gasteiger partial charge in [0.05, 0.1) is 6.54 Å². The zero-order chi connectivity index (χ0) is 18.9. The molecular formula is C19H22FN3O4. The van der Waals surface area contributed by atoms with Crippen molar-refractivity contribution in [3.63, 3.8) is 0 Å². The minimum atomic E-state index is -0.614. The largest absolute Gasteiger partial charge is 0.386 e. The summed E-state index contributed by atoms with van der Waals surface area (Å²) in [5.74, 6) is -0.619. The van der Waals surface area contributed by atoms with Crippen LogP contribution in [0.25, 0.3) is 0 Å². The Kier molecular flexibility index (Phi) is 4.82. The molecule has 0 unspecified atom stereocenters. The number of ether oxygens (including phenoxy) is 1. The number of carbonyl (C=O) groups excluding carboxylic acids is 2. The van der Waals surface area contributed by atoms with Crippen LogP contribution in [0.1, 0.15) is 31.2 Å². The molecule has 2 amide bonds. The number of benzene rings is 1. The molecule has 0 radical (unpaired) electrons. The number of amides is 2. The highest BCUT2D eigenvalue weighted by atomic mass is 19.1. The molecule has 27 heavy (non-hydrogen) atoms. The number of rotatable bonds is 4. The van der Waals surface area contributed by atoms with Crippen LogP contribution in [-0.4, -0.2) is 53.8 Å². The highest BCUT2D eigenvalue weighted by Crippen LogP contribution is 2.34. The first-order valence-corrected chi connectivity index (χ1v) is 9.23. The summed E-state index contributed by atoms with van der Waals surface area (Å²) >= 11 is 0. The monoisotopic (exact) mass is 375 g/mol. The maximum Gasteiger partial charge on any atom is 0.269 e. The first-order valence-electron chi connectivity index (χ1n) is 9.23. The van der Waals surface area contributed by atoms with Crippen molar-refractivity contribution in [2.24, 2.45) is 5.16 Å². The molecule has 2 atom stereocenters. The van der Waals surface area contributed by atoms with Gasteiger partial charge in [0.25, 0.3) is 11.8 Å². The molecular weight excluding hydrogens is 353 g/mol. The number of oxime groups is 1. The smallest absolute Gasteiger partial charge is 0.269 e. The maximum atomic E-state index is 12.9. The van der Waals surface area contributed by atoms with E-state index in [9.17, 15) is 14.0 Å². The molecule has 0 bridgehead atoms. The first-order chi connectivity index (χ1) is 13.0. The predicted molar refractivity (Wildman–Crippen MR) is 94.3 cm³/mol. The van der Waals surface area contributed by atoms with Crippen LogP contribution < -0.4 is 5.32 Å². The van der Waals surface area contributed by atoms with E-state index in [0.29, 0.717) is 38.2 Å². The van der Waals surface area contributed by atoms with Gasteiger partial charge in [0, 0.05) is 32.5 Å². The zero-order valence-electron chi connectivity index (χ0n) is 14.9. The van der Waals surface area contributed by atoms with E-state index < -0.39 is 5.60 Å². The van der Waals surface area contributed by atoms with Crippen molar-refractivity contribution in [1.29, 1.82) is 0 Å². The van der Waals surface area contributed by atoms with Gasteiger partial charge in [0.1, 0.15) is 17.6 Å². The minimum Gasteiger partial charge on any atom is -0.386 e. The molecule has 8 heteroatoms. The van der Waals surface area contributed by atoms with E-state index in [0.717, 1.165) is 18.4 Å². The van der Waals surface area contributed by atoms with Gasteiger partial charge in [-0.05, 0) is 30.5 Å². The van der Waals surface area contributed by atoms with Crippen molar-refractivity contribution in [3.8, 4) is 0 Å². The van der Waals surface area contributed by atoms with Gasteiger partial charge in [-0.3, -0.25) is 9.59 Å². The van der Waals surface area contributed by atoms with Crippen LogP contribution in [-0.2, 0) is 25.7 Å². The number of nitrogens with zero attached hydrogens (tertiary/aromatic N) is 2. The van der Waals surface area contributed by atoms with E-state index in [2.05, 4.69) is 10.5 Å². The number of carbonyl (C=O) groups is 2. The van der Waals surface area contributed by atoms with Crippen LogP contribution in [0.2, 0.25) is 0 Å². The Morgan fingerprint density at radius 3 is 2.89 bits per heavy atom. The SMILES string of the molecule is O=C(NCc1ccc(F)cc1)C1=NO[C@@]2(CCN(C(=O)[C@H]3CCCO3)C2)C1. The van der Waals surface area contributed by atoms with Crippen molar-refractivity contribution in [2.75, 3.05) is 19.7 Å². The van der Waals surface area contributed by atoms with Gasteiger partial charge in [0.15, 0.2) is 5.60 Å². The average molecular weight is 375 g/mol. The third kappa shape index (κ3) is 3.80. The summed E-state index contributed by atoms with van der Waals surface area (Å²) in [5, 5.41) is 6.74. The standard InChI is InChI=1S/C19H22FN3O4/c20-14-5-3-13(4-6-14)11-21-17(24)15-10-19(27-22-15)7-8-23(12-19)18(25)16-2-1-9-26-16/h3-6,16H,1-2,7-12H2,(H,21,24)/t16-,19+/m1/s1. The van der Waals surface area contributed by atoms with E-state index in [1.807, 2.05) is 0 Å². The molecule has 7 nitrogen and oxygen atoms in total. The molecule has 1 aromatic rings. The fourth-order valence-corrected chi connectivity index (χ4v) is 3.76. The molecule has 0 saturated carbocycles. The lowest BCUT2D eigenvalue weighted by molar-refractivity contribution is -0.141. The summed E-state index contributed by atoms with van der Waals surface area (Å²) < 4.78 is 18.4. The Hall–Kier alpha value is -2.48. The average Bonchev–Trinajstić information content (AvgIpc) is 3.43. The number of likely N-dealkylation sites (tertiary alicyclic amines) is 1. The second-order valence-electron chi connectivity index (χ2n) is 7.31. The Morgan fingerprint density at radius 1 is 1.33 bits per heavy atom. The Bertz CT molecular complexity index is 761. The van der Waals surface area contributed by atoms with Crippen LogP contribution in [0, 0.1) is 5.82 Å². The fraction of sp³-hybridized carbons (Fsp3) is 0.526. The summed E-state index contributed by atoms with van der Waals surface area (Å²) in [5.41, 5.74) is 0.508. The van der Waals surface area contributed by atoms with Crippen LogP contribution >= 0.6 is 0 Å². The van der Waals surface area contributed by atoms with Gasteiger partial charge in [-0.15, -0.1) is 0 Å². The lowest BCUT2D eigenvalue weighted by Gasteiger charge is -2.23. The lowest BCUT2D eigenvalue weighted by atomic mass is 9.96. The van der Waals surface area contributed by atoms with Gasteiger partial charge < -0.3 is 19.8 Å². The highest BCUT2D eigenvalue weighted by Gasteiger charge is 2.48. The van der Waals surface area contributed by atoms with Crippen molar-refractivity contribution in [1.82, 2.24) is 10.2 Å². The molecule has 2 saturated heterocycles. The summed E-state index contributed by atoms with van der Waals surface area (Å²) in [7, 11) is 0. The molecule has 2 fully saturated rings. The van der Waals surface area contributed by atoms with Crippen LogP contribution in [0.5, 0.6) is 0 Å². The molecule has 1 N–H and O–H groups in total. The third-order valence-electron chi connectivity index (χ3n) is 5.30.